The Morgan fingerprint density at radius 1 is 1.33 bits per heavy atom. The van der Waals surface area contributed by atoms with Crippen molar-refractivity contribution in [1.82, 2.24) is 4.90 Å². The molecule has 0 radical (unpaired) electrons. The molecule has 2 heteroatoms. The van der Waals surface area contributed by atoms with Gasteiger partial charge in [0.2, 0.25) is 0 Å². The van der Waals surface area contributed by atoms with Gasteiger partial charge in [0.1, 0.15) is 0 Å². The number of rotatable bonds is 0. The van der Waals surface area contributed by atoms with Crippen molar-refractivity contribution >= 4 is 11.6 Å². The van der Waals surface area contributed by atoms with E-state index in [9.17, 15) is 0 Å². The molecule has 1 aliphatic rings. The Kier molecular flexibility index (Phi) is 2.07. The van der Waals surface area contributed by atoms with E-state index in [1.165, 1.54) is 11.1 Å². The molecule has 1 aromatic rings. The molecule has 0 N–H and O–H groups in total. The molecule has 12 heavy (non-hydrogen) atoms. The summed E-state index contributed by atoms with van der Waals surface area (Å²) in [6.07, 6.45) is 1.16. The van der Waals surface area contributed by atoms with Crippen molar-refractivity contribution in [2.45, 2.75) is 13.0 Å². The van der Waals surface area contributed by atoms with Crippen molar-refractivity contribution in [3.8, 4) is 0 Å². The highest BCUT2D eigenvalue weighted by Gasteiger charge is 2.12. The van der Waals surface area contributed by atoms with Gasteiger partial charge in [0.15, 0.2) is 0 Å². The first-order valence-electron chi connectivity index (χ1n) is 4.21. The van der Waals surface area contributed by atoms with Crippen LogP contribution in [0.25, 0.3) is 0 Å². The van der Waals surface area contributed by atoms with Gasteiger partial charge in [0, 0.05) is 18.1 Å². The minimum Gasteiger partial charge on any atom is -0.302 e. The fourth-order valence-electron chi connectivity index (χ4n) is 1.67. The Balaban J connectivity index is 2.37. The van der Waals surface area contributed by atoms with Crippen molar-refractivity contribution in [3.05, 3.63) is 34.3 Å². The van der Waals surface area contributed by atoms with E-state index in [2.05, 4.69) is 24.1 Å². The SMILES string of the molecule is CN1CCc2ccc(Cl)cc2C1. The number of hydrogen-bond acceptors (Lipinski definition) is 1. The quantitative estimate of drug-likeness (QED) is 0.594. The summed E-state index contributed by atoms with van der Waals surface area (Å²) >= 11 is 5.91. The van der Waals surface area contributed by atoms with Crippen LogP contribution < -0.4 is 0 Å². The zero-order valence-electron chi connectivity index (χ0n) is 7.18. The third kappa shape index (κ3) is 1.47. The minimum absolute atomic E-state index is 0.851. The average molecular weight is 182 g/mol. The highest BCUT2D eigenvalue weighted by molar-refractivity contribution is 6.30. The van der Waals surface area contributed by atoms with Gasteiger partial charge in [-0.1, -0.05) is 17.7 Å². The summed E-state index contributed by atoms with van der Waals surface area (Å²) in [6, 6.07) is 6.20. The first-order valence-corrected chi connectivity index (χ1v) is 4.59. The molecule has 0 unspecified atom stereocenters. The zero-order valence-corrected chi connectivity index (χ0v) is 7.93. The molecule has 64 valence electrons. The predicted octanol–water partition coefficient (Wildman–Crippen LogP) is 2.33. The fourth-order valence-corrected chi connectivity index (χ4v) is 1.86. The van der Waals surface area contributed by atoms with E-state index in [4.69, 9.17) is 11.6 Å². The van der Waals surface area contributed by atoms with Crippen LogP contribution in [0.3, 0.4) is 0 Å². The molecular weight excluding hydrogens is 170 g/mol. The first-order chi connectivity index (χ1) is 5.75. The molecule has 0 saturated heterocycles. The predicted molar refractivity (Wildman–Crippen MR) is 51.5 cm³/mol. The molecule has 1 aromatic carbocycles. The van der Waals surface area contributed by atoms with Crippen molar-refractivity contribution < 1.29 is 0 Å². The van der Waals surface area contributed by atoms with Crippen LogP contribution in [0.1, 0.15) is 11.1 Å². The summed E-state index contributed by atoms with van der Waals surface area (Å²) in [5.41, 5.74) is 2.84. The van der Waals surface area contributed by atoms with E-state index in [-0.39, 0.29) is 0 Å². The molecule has 0 spiro atoms. The van der Waals surface area contributed by atoms with Gasteiger partial charge < -0.3 is 4.90 Å². The standard InChI is InChI=1S/C10H12ClN/c1-12-5-4-8-2-3-10(11)6-9(8)7-12/h2-3,6H,4-5,7H2,1H3. The number of fused-ring (bicyclic) bond motifs is 1. The van der Waals surface area contributed by atoms with Crippen LogP contribution in [-0.2, 0) is 13.0 Å². The molecule has 1 nitrogen and oxygen atoms in total. The molecule has 1 heterocycles. The highest BCUT2D eigenvalue weighted by atomic mass is 35.5. The maximum absolute atomic E-state index is 5.91. The molecule has 0 amide bonds. The Hall–Kier alpha value is -0.530. The zero-order chi connectivity index (χ0) is 8.55. The van der Waals surface area contributed by atoms with Crippen molar-refractivity contribution in [2.24, 2.45) is 0 Å². The summed E-state index contributed by atoms with van der Waals surface area (Å²) < 4.78 is 0. The molecule has 0 aromatic heterocycles. The lowest BCUT2D eigenvalue weighted by atomic mass is 10.0. The van der Waals surface area contributed by atoms with E-state index < -0.39 is 0 Å². The lowest BCUT2D eigenvalue weighted by molar-refractivity contribution is 0.313. The topological polar surface area (TPSA) is 3.24 Å². The molecule has 0 fully saturated rings. The van der Waals surface area contributed by atoms with Gasteiger partial charge in [0.05, 0.1) is 0 Å². The molecule has 0 atom stereocenters. The van der Waals surface area contributed by atoms with Gasteiger partial charge in [-0.15, -0.1) is 0 Å². The minimum atomic E-state index is 0.851. The van der Waals surface area contributed by atoms with E-state index in [0.29, 0.717) is 0 Å². The van der Waals surface area contributed by atoms with E-state index in [1.54, 1.807) is 0 Å². The van der Waals surface area contributed by atoms with Gasteiger partial charge in [-0.3, -0.25) is 0 Å². The number of likely N-dealkylation sites (N-methyl/N-ethyl adjacent to an activating group) is 1. The Morgan fingerprint density at radius 3 is 3.00 bits per heavy atom. The van der Waals surface area contributed by atoms with Crippen LogP contribution in [0, 0.1) is 0 Å². The molecular formula is C10H12ClN. The lowest BCUT2D eigenvalue weighted by Gasteiger charge is -2.24. The highest BCUT2D eigenvalue weighted by Crippen LogP contribution is 2.21. The van der Waals surface area contributed by atoms with Crippen molar-refractivity contribution in [2.75, 3.05) is 13.6 Å². The summed E-state index contributed by atoms with van der Waals surface area (Å²) in [7, 11) is 2.14. The second-order valence-corrected chi connectivity index (χ2v) is 3.84. The van der Waals surface area contributed by atoms with Crippen LogP contribution in [0.4, 0.5) is 0 Å². The Labute approximate surface area is 77.9 Å². The second kappa shape index (κ2) is 3.08. The average Bonchev–Trinajstić information content (AvgIpc) is 2.03. The van der Waals surface area contributed by atoms with E-state index >= 15 is 0 Å². The van der Waals surface area contributed by atoms with Gasteiger partial charge in [-0.25, -0.2) is 0 Å². The second-order valence-electron chi connectivity index (χ2n) is 3.40. The number of hydrogen-bond donors (Lipinski definition) is 0. The van der Waals surface area contributed by atoms with Gasteiger partial charge in [0.25, 0.3) is 0 Å². The van der Waals surface area contributed by atoms with Crippen molar-refractivity contribution in [3.63, 3.8) is 0 Å². The molecule has 2 rings (SSSR count). The lowest BCUT2D eigenvalue weighted by Crippen LogP contribution is -2.26. The van der Waals surface area contributed by atoms with Gasteiger partial charge in [-0.05, 0) is 36.7 Å². The maximum Gasteiger partial charge on any atom is 0.0409 e. The number of halogens is 1. The summed E-state index contributed by atoms with van der Waals surface area (Å²) in [6.45, 7) is 2.20. The van der Waals surface area contributed by atoms with E-state index in [1.807, 2.05) is 6.07 Å². The fraction of sp³-hybridized carbons (Fsp3) is 0.400. The summed E-state index contributed by atoms with van der Waals surface area (Å²) in [4.78, 5) is 2.32. The summed E-state index contributed by atoms with van der Waals surface area (Å²) in [5, 5.41) is 0.851. The molecule has 0 saturated carbocycles. The van der Waals surface area contributed by atoms with Crippen LogP contribution >= 0.6 is 11.6 Å². The van der Waals surface area contributed by atoms with E-state index in [0.717, 1.165) is 24.5 Å². The molecule has 1 aliphatic heterocycles. The molecule has 0 aliphatic carbocycles. The van der Waals surface area contributed by atoms with Gasteiger partial charge >= 0.3 is 0 Å². The van der Waals surface area contributed by atoms with Crippen LogP contribution in [-0.4, -0.2) is 18.5 Å². The normalized spacial score (nSPS) is 17.5. The van der Waals surface area contributed by atoms with Crippen LogP contribution in [0.15, 0.2) is 18.2 Å². The first kappa shape index (κ1) is 8.09. The Bertz CT molecular complexity index is 296. The Morgan fingerprint density at radius 2 is 2.17 bits per heavy atom. The van der Waals surface area contributed by atoms with Crippen LogP contribution in [0.2, 0.25) is 5.02 Å². The molecule has 0 bridgehead atoms. The number of nitrogens with zero attached hydrogens (tertiary/aromatic N) is 1. The largest absolute Gasteiger partial charge is 0.302 e. The van der Waals surface area contributed by atoms with Crippen LogP contribution in [0.5, 0.6) is 0 Å². The number of benzene rings is 1. The maximum atomic E-state index is 5.91. The summed E-state index contributed by atoms with van der Waals surface area (Å²) in [5.74, 6) is 0. The van der Waals surface area contributed by atoms with Crippen molar-refractivity contribution in [1.29, 1.82) is 0 Å². The monoisotopic (exact) mass is 181 g/mol. The third-order valence-corrected chi connectivity index (χ3v) is 2.61. The smallest absolute Gasteiger partial charge is 0.0409 e. The van der Waals surface area contributed by atoms with Gasteiger partial charge in [-0.2, -0.15) is 0 Å². The third-order valence-electron chi connectivity index (χ3n) is 2.37.